The van der Waals surface area contributed by atoms with Gasteiger partial charge in [0.05, 0.1) is 5.41 Å². The molecule has 21 heavy (non-hydrogen) atoms. The molecule has 2 aliphatic rings. The van der Waals surface area contributed by atoms with E-state index in [0.717, 1.165) is 38.8 Å². The van der Waals surface area contributed by atoms with Crippen LogP contribution in [0.5, 0.6) is 0 Å². The van der Waals surface area contributed by atoms with Gasteiger partial charge in [-0.2, -0.15) is 0 Å². The molecule has 0 bridgehead atoms. The molecular formula is C15H27N3O3. The highest BCUT2D eigenvalue weighted by molar-refractivity contribution is 5.79. The molecule has 2 amide bonds. The van der Waals surface area contributed by atoms with Crippen molar-refractivity contribution in [3.63, 3.8) is 0 Å². The molecule has 0 aromatic carbocycles. The van der Waals surface area contributed by atoms with E-state index in [1.807, 2.05) is 19.0 Å². The second-order valence-electron chi connectivity index (χ2n) is 6.82. The SMILES string of the molecule is CN(C)C1CCCN(C(=O)NC2CCCC2(C)C(=O)O)C1. The molecule has 0 spiro atoms. The number of rotatable bonds is 3. The maximum Gasteiger partial charge on any atom is 0.317 e. The monoisotopic (exact) mass is 297 g/mol. The van der Waals surface area contributed by atoms with Crippen LogP contribution in [0.2, 0.25) is 0 Å². The maximum absolute atomic E-state index is 12.4. The van der Waals surface area contributed by atoms with Gasteiger partial charge >= 0.3 is 12.0 Å². The molecule has 3 atom stereocenters. The molecule has 2 N–H and O–H groups in total. The van der Waals surface area contributed by atoms with Crippen LogP contribution in [0.4, 0.5) is 4.79 Å². The average molecular weight is 297 g/mol. The van der Waals surface area contributed by atoms with Crippen LogP contribution in [0.15, 0.2) is 0 Å². The molecule has 6 heteroatoms. The number of piperidine rings is 1. The van der Waals surface area contributed by atoms with Gasteiger partial charge in [-0.3, -0.25) is 4.79 Å². The van der Waals surface area contributed by atoms with Gasteiger partial charge in [-0.1, -0.05) is 6.42 Å². The number of likely N-dealkylation sites (tertiary alicyclic amines) is 1. The van der Waals surface area contributed by atoms with Crippen molar-refractivity contribution in [2.24, 2.45) is 5.41 Å². The molecule has 3 unspecified atom stereocenters. The van der Waals surface area contributed by atoms with Crippen LogP contribution in [-0.2, 0) is 4.79 Å². The van der Waals surface area contributed by atoms with Gasteiger partial charge in [-0.25, -0.2) is 4.79 Å². The standard InChI is InChI=1S/C15H27N3O3/c1-15(13(19)20)8-4-7-12(15)16-14(21)18-9-5-6-11(10-18)17(2)3/h11-12H,4-10H2,1-3H3,(H,16,21)(H,19,20). The Hall–Kier alpha value is -1.30. The zero-order valence-corrected chi connectivity index (χ0v) is 13.3. The summed E-state index contributed by atoms with van der Waals surface area (Å²) in [7, 11) is 4.06. The van der Waals surface area contributed by atoms with Crippen LogP contribution in [-0.4, -0.2) is 66.2 Å². The number of carbonyl (C=O) groups is 2. The van der Waals surface area contributed by atoms with E-state index in [9.17, 15) is 14.7 Å². The first-order valence-corrected chi connectivity index (χ1v) is 7.80. The third-order valence-electron chi connectivity index (χ3n) is 5.16. The fraction of sp³-hybridized carbons (Fsp3) is 0.867. The first-order valence-electron chi connectivity index (χ1n) is 7.80. The van der Waals surface area contributed by atoms with E-state index in [-0.39, 0.29) is 12.1 Å². The zero-order chi connectivity index (χ0) is 15.6. The van der Waals surface area contributed by atoms with E-state index in [1.165, 1.54) is 0 Å². The second-order valence-corrected chi connectivity index (χ2v) is 6.82. The summed E-state index contributed by atoms with van der Waals surface area (Å²) in [5.41, 5.74) is -0.827. The van der Waals surface area contributed by atoms with Crippen LogP contribution < -0.4 is 5.32 Å². The highest BCUT2D eigenvalue weighted by Gasteiger charge is 2.46. The van der Waals surface area contributed by atoms with Gasteiger partial charge in [0.2, 0.25) is 0 Å². The van der Waals surface area contributed by atoms with Crippen molar-refractivity contribution in [3.8, 4) is 0 Å². The quantitative estimate of drug-likeness (QED) is 0.825. The van der Waals surface area contributed by atoms with Crippen molar-refractivity contribution in [1.82, 2.24) is 15.1 Å². The number of carboxylic acids is 1. The number of hydrogen-bond donors (Lipinski definition) is 2. The number of carbonyl (C=O) groups excluding carboxylic acids is 1. The molecule has 1 aliphatic carbocycles. The van der Waals surface area contributed by atoms with E-state index in [2.05, 4.69) is 10.2 Å². The zero-order valence-electron chi connectivity index (χ0n) is 13.3. The average Bonchev–Trinajstić information content (AvgIpc) is 2.81. The van der Waals surface area contributed by atoms with Crippen LogP contribution in [0.3, 0.4) is 0 Å². The fourth-order valence-electron chi connectivity index (χ4n) is 3.45. The van der Waals surface area contributed by atoms with E-state index < -0.39 is 11.4 Å². The number of carboxylic acid groups (broad SMARTS) is 1. The van der Waals surface area contributed by atoms with Crippen LogP contribution in [0.1, 0.15) is 39.0 Å². The third kappa shape index (κ3) is 3.31. The van der Waals surface area contributed by atoms with Gasteiger partial charge in [0.15, 0.2) is 0 Å². The Morgan fingerprint density at radius 1 is 1.29 bits per heavy atom. The molecule has 1 heterocycles. The number of hydrogen-bond acceptors (Lipinski definition) is 3. The highest BCUT2D eigenvalue weighted by atomic mass is 16.4. The van der Waals surface area contributed by atoms with E-state index in [1.54, 1.807) is 6.92 Å². The van der Waals surface area contributed by atoms with Crippen molar-refractivity contribution in [3.05, 3.63) is 0 Å². The minimum atomic E-state index is -0.827. The first-order chi connectivity index (χ1) is 9.84. The third-order valence-corrected chi connectivity index (χ3v) is 5.16. The summed E-state index contributed by atoms with van der Waals surface area (Å²) in [5.74, 6) is -0.810. The van der Waals surface area contributed by atoms with Gasteiger partial charge in [0.1, 0.15) is 0 Å². The smallest absolute Gasteiger partial charge is 0.317 e. The second kappa shape index (κ2) is 6.22. The van der Waals surface area contributed by atoms with Gasteiger partial charge in [-0.15, -0.1) is 0 Å². The summed E-state index contributed by atoms with van der Waals surface area (Å²) in [6.45, 7) is 3.22. The van der Waals surface area contributed by atoms with Gasteiger partial charge in [-0.05, 0) is 46.7 Å². The fourth-order valence-corrected chi connectivity index (χ4v) is 3.45. The molecule has 0 aromatic heterocycles. The van der Waals surface area contributed by atoms with Gasteiger partial charge in [0, 0.05) is 25.2 Å². The predicted molar refractivity (Wildman–Crippen MR) is 80.2 cm³/mol. The molecule has 2 fully saturated rings. The lowest BCUT2D eigenvalue weighted by atomic mass is 9.85. The molecule has 6 nitrogen and oxygen atoms in total. The maximum atomic E-state index is 12.4. The van der Waals surface area contributed by atoms with Crippen molar-refractivity contribution < 1.29 is 14.7 Å². The Labute approximate surface area is 126 Å². The summed E-state index contributed by atoms with van der Waals surface area (Å²) in [4.78, 5) is 27.9. The van der Waals surface area contributed by atoms with E-state index in [0.29, 0.717) is 12.5 Å². The molecular weight excluding hydrogens is 270 g/mol. The van der Waals surface area contributed by atoms with E-state index in [4.69, 9.17) is 0 Å². The van der Waals surface area contributed by atoms with Crippen LogP contribution >= 0.6 is 0 Å². The Kier molecular flexibility index (Phi) is 4.76. The molecule has 2 rings (SSSR count). The lowest BCUT2D eigenvalue weighted by Gasteiger charge is -2.37. The summed E-state index contributed by atoms with van der Waals surface area (Å²) < 4.78 is 0. The van der Waals surface area contributed by atoms with Crippen molar-refractivity contribution in [1.29, 1.82) is 0 Å². The minimum absolute atomic E-state index is 0.110. The minimum Gasteiger partial charge on any atom is -0.481 e. The Bertz CT molecular complexity index is 413. The van der Waals surface area contributed by atoms with E-state index >= 15 is 0 Å². The topological polar surface area (TPSA) is 72.9 Å². The molecule has 120 valence electrons. The number of urea groups is 1. The van der Waals surface area contributed by atoms with Crippen LogP contribution in [0.25, 0.3) is 0 Å². The summed E-state index contributed by atoms with van der Waals surface area (Å²) >= 11 is 0. The summed E-state index contributed by atoms with van der Waals surface area (Å²) in [6, 6.07) is 0.0158. The molecule has 0 radical (unpaired) electrons. The van der Waals surface area contributed by atoms with Gasteiger partial charge < -0.3 is 20.2 Å². The van der Waals surface area contributed by atoms with Crippen molar-refractivity contribution in [2.75, 3.05) is 27.2 Å². The Balaban J connectivity index is 1.96. The van der Waals surface area contributed by atoms with Gasteiger partial charge in [0.25, 0.3) is 0 Å². The summed E-state index contributed by atoms with van der Waals surface area (Å²) in [6.07, 6.45) is 4.34. The number of amides is 2. The lowest BCUT2D eigenvalue weighted by molar-refractivity contribution is -0.148. The largest absolute Gasteiger partial charge is 0.481 e. The highest BCUT2D eigenvalue weighted by Crippen LogP contribution is 2.38. The first kappa shape index (κ1) is 16.1. The van der Waals surface area contributed by atoms with Crippen molar-refractivity contribution >= 4 is 12.0 Å². The number of nitrogens with one attached hydrogen (secondary N) is 1. The molecule has 0 aromatic rings. The number of aliphatic carboxylic acids is 1. The molecule has 1 saturated heterocycles. The Morgan fingerprint density at radius 2 is 2.00 bits per heavy atom. The number of likely N-dealkylation sites (N-methyl/N-ethyl adjacent to an activating group) is 1. The normalized spacial score (nSPS) is 33.2. The van der Waals surface area contributed by atoms with Crippen LogP contribution in [0, 0.1) is 5.41 Å². The van der Waals surface area contributed by atoms with Crippen molar-refractivity contribution in [2.45, 2.75) is 51.1 Å². The predicted octanol–water partition coefficient (Wildman–Crippen LogP) is 1.37. The molecule has 1 saturated carbocycles. The summed E-state index contributed by atoms with van der Waals surface area (Å²) in [5, 5.41) is 12.4. The lowest BCUT2D eigenvalue weighted by Crippen LogP contribution is -2.55. The Morgan fingerprint density at radius 3 is 2.62 bits per heavy atom. The number of nitrogens with zero attached hydrogens (tertiary/aromatic N) is 2. The molecule has 1 aliphatic heterocycles.